The van der Waals surface area contributed by atoms with Gasteiger partial charge in [-0.2, -0.15) is 5.26 Å². The predicted octanol–water partition coefficient (Wildman–Crippen LogP) is 2.51. The Morgan fingerprint density at radius 3 is 2.59 bits per heavy atom. The number of carboxylic acid groups (broad SMARTS) is 1. The summed E-state index contributed by atoms with van der Waals surface area (Å²) in [6.07, 6.45) is 0. The number of nitrogens with zero attached hydrogens (tertiary/aromatic N) is 2. The van der Waals surface area contributed by atoms with Crippen molar-refractivity contribution >= 4 is 23.3 Å². The largest absolute Gasteiger partial charge is 0.480 e. The molecule has 1 aromatic rings. The van der Waals surface area contributed by atoms with Crippen molar-refractivity contribution < 1.29 is 9.90 Å². The van der Waals surface area contributed by atoms with Gasteiger partial charge in [-0.15, -0.1) is 0 Å². The van der Waals surface area contributed by atoms with Crippen LogP contribution in [0.25, 0.3) is 0 Å². The zero-order valence-electron chi connectivity index (χ0n) is 9.86. The molecule has 0 aliphatic rings. The van der Waals surface area contributed by atoms with Crippen molar-refractivity contribution in [2.75, 3.05) is 11.9 Å². The molecule has 0 fully saturated rings. The van der Waals surface area contributed by atoms with Gasteiger partial charge in [-0.05, 0) is 26.0 Å². The van der Waals surface area contributed by atoms with E-state index in [4.69, 9.17) is 22.0 Å². The van der Waals surface area contributed by atoms with E-state index >= 15 is 0 Å². The van der Waals surface area contributed by atoms with Crippen molar-refractivity contribution in [3.05, 3.63) is 28.8 Å². The van der Waals surface area contributed by atoms with Crippen molar-refractivity contribution in [3.63, 3.8) is 0 Å². The number of nitriles is 1. The molecule has 0 saturated heterocycles. The van der Waals surface area contributed by atoms with Gasteiger partial charge in [0.1, 0.15) is 11.6 Å². The molecular formula is C12H13ClN2O2. The lowest BCUT2D eigenvalue weighted by atomic mass is 10.0. The van der Waals surface area contributed by atoms with Gasteiger partial charge in [-0.3, -0.25) is 0 Å². The number of carbonyl (C=O) groups is 1. The van der Waals surface area contributed by atoms with Crippen LogP contribution in [-0.2, 0) is 4.79 Å². The molecule has 0 radical (unpaired) electrons. The third-order valence-electron chi connectivity index (χ3n) is 2.83. The fraction of sp³-hybridized carbons (Fsp3) is 0.333. The van der Waals surface area contributed by atoms with Crippen LogP contribution in [-0.4, -0.2) is 23.7 Å². The normalized spacial score (nSPS) is 10.8. The minimum atomic E-state index is -1.11. The number of aliphatic carboxylic acids is 1. The third-order valence-corrected chi connectivity index (χ3v) is 3.14. The summed E-state index contributed by atoms with van der Waals surface area (Å²) < 4.78 is 0. The van der Waals surface area contributed by atoms with Crippen LogP contribution in [0.3, 0.4) is 0 Å². The molecule has 0 spiro atoms. The lowest BCUT2D eigenvalue weighted by molar-refractivity contribution is -0.142. The smallest absolute Gasteiger partial charge is 0.328 e. The second-order valence-electron chi connectivity index (χ2n) is 4.17. The van der Waals surface area contributed by atoms with Crippen molar-refractivity contribution in [1.82, 2.24) is 0 Å². The highest BCUT2D eigenvalue weighted by atomic mass is 35.5. The van der Waals surface area contributed by atoms with E-state index in [9.17, 15) is 4.79 Å². The lowest BCUT2D eigenvalue weighted by Crippen LogP contribution is -2.48. The van der Waals surface area contributed by atoms with Crippen LogP contribution in [0.15, 0.2) is 18.2 Å². The average Bonchev–Trinajstić information content (AvgIpc) is 2.27. The maximum Gasteiger partial charge on any atom is 0.328 e. The van der Waals surface area contributed by atoms with Gasteiger partial charge < -0.3 is 10.0 Å². The first-order chi connectivity index (χ1) is 7.82. The molecule has 0 aliphatic carbocycles. The van der Waals surface area contributed by atoms with E-state index in [-0.39, 0.29) is 5.56 Å². The van der Waals surface area contributed by atoms with Crippen LogP contribution in [0.4, 0.5) is 5.69 Å². The van der Waals surface area contributed by atoms with E-state index in [0.717, 1.165) is 0 Å². The summed E-state index contributed by atoms with van der Waals surface area (Å²) in [6, 6.07) is 6.95. The van der Waals surface area contributed by atoms with Gasteiger partial charge in [-0.1, -0.05) is 17.7 Å². The zero-order chi connectivity index (χ0) is 13.2. The minimum Gasteiger partial charge on any atom is -0.480 e. The first-order valence-corrected chi connectivity index (χ1v) is 5.36. The predicted molar refractivity (Wildman–Crippen MR) is 66.3 cm³/mol. The highest BCUT2D eigenvalue weighted by molar-refractivity contribution is 6.32. The maximum atomic E-state index is 11.2. The fourth-order valence-electron chi connectivity index (χ4n) is 1.35. The van der Waals surface area contributed by atoms with Crippen LogP contribution >= 0.6 is 11.6 Å². The van der Waals surface area contributed by atoms with Gasteiger partial charge >= 0.3 is 5.97 Å². The number of hydrogen-bond acceptors (Lipinski definition) is 3. The van der Waals surface area contributed by atoms with Crippen molar-refractivity contribution in [2.45, 2.75) is 19.4 Å². The summed E-state index contributed by atoms with van der Waals surface area (Å²) in [4.78, 5) is 12.7. The number of likely N-dealkylation sites (N-methyl/N-ethyl adjacent to an activating group) is 1. The molecule has 4 nitrogen and oxygen atoms in total. The fourth-order valence-corrected chi connectivity index (χ4v) is 1.56. The molecule has 0 aliphatic heterocycles. The second kappa shape index (κ2) is 4.64. The average molecular weight is 253 g/mol. The van der Waals surface area contributed by atoms with E-state index in [2.05, 4.69) is 0 Å². The van der Waals surface area contributed by atoms with E-state index in [1.54, 1.807) is 39.1 Å². The molecule has 90 valence electrons. The van der Waals surface area contributed by atoms with E-state index < -0.39 is 11.5 Å². The lowest BCUT2D eigenvalue weighted by Gasteiger charge is -2.34. The molecule has 1 rings (SSSR count). The Hall–Kier alpha value is -1.73. The van der Waals surface area contributed by atoms with Crippen LogP contribution in [0.5, 0.6) is 0 Å². The zero-order valence-corrected chi connectivity index (χ0v) is 10.6. The molecule has 17 heavy (non-hydrogen) atoms. The molecule has 0 aromatic heterocycles. The molecule has 0 bridgehead atoms. The third kappa shape index (κ3) is 2.34. The van der Waals surface area contributed by atoms with Crippen molar-refractivity contribution in [3.8, 4) is 6.07 Å². The van der Waals surface area contributed by atoms with Gasteiger partial charge in [0.05, 0.1) is 16.3 Å². The summed E-state index contributed by atoms with van der Waals surface area (Å²) in [5, 5.41) is 18.5. The number of benzene rings is 1. The van der Waals surface area contributed by atoms with Crippen molar-refractivity contribution in [1.29, 1.82) is 5.26 Å². The van der Waals surface area contributed by atoms with Crippen LogP contribution < -0.4 is 4.90 Å². The Labute approximate surface area is 105 Å². The number of hydrogen-bond donors (Lipinski definition) is 1. The van der Waals surface area contributed by atoms with Gasteiger partial charge in [-0.25, -0.2) is 4.79 Å². The number of halogens is 1. The van der Waals surface area contributed by atoms with Gasteiger partial charge in [0.15, 0.2) is 0 Å². The van der Waals surface area contributed by atoms with Crippen LogP contribution in [0.1, 0.15) is 19.4 Å². The molecule has 0 unspecified atom stereocenters. The second-order valence-corrected chi connectivity index (χ2v) is 4.58. The summed E-state index contributed by atoms with van der Waals surface area (Å²) in [6.45, 7) is 3.13. The molecule has 1 aromatic carbocycles. The van der Waals surface area contributed by atoms with E-state index in [1.165, 1.54) is 4.90 Å². The Bertz CT molecular complexity index is 492. The van der Waals surface area contributed by atoms with Crippen molar-refractivity contribution in [2.24, 2.45) is 0 Å². The molecule has 0 atom stereocenters. The number of rotatable bonds is 3. The molecular weight excluding hydrogens is 240 g/mol. The van der Waals surface area contributed by atoms with Crippen LogP contribution in [0.2, 0.25) is 5.02 Å². The Morgan fingerprint density at radius 2 is 2.12 bits per heavy atom. The Morgan fingerprint density at radius 1 is 1.53 bits per heavy atom. The molecule has 0 heterocycles. The number of carboxylic acids is 1. The first kappa shape index (κ1) is 13.3. The van der Waals surface area contributed by atoms with Gasteiger partial charge in [0.25, 0.3) is 0 Å². The maximum absolute atomic E-state index is 11.2. The molecule has 0 saturated carbocycles. The summed E-state index contributed by atoms with van der Waals surface area (Å²) >= 11 is 5.91. The Kier molecular flexibility index (Phi) is 3.64. The minimum absolute atomic E-state index is 0.283. The SMILES string of the molecule is CN(c1cccc(Cl)c1C#N)C(C)(C)C(=O)O. The summed E-state index contributed by atoms with van der Waals surface area (Å²) in [5.74, 6) is -0.969. The van der Waals surface area contributed by atoms with E-state index in [1.807, 2.05) is 6.07 Å². The highest BCUT2D eigenvalue weighted by Crippen LogP contribution is 2.30. The molecule has 5 heteroatoms. The van der Waals surface area contributed by atoms with Crippen LogP contribution in [0, 0.1) is 11.3 Å². The quantitative estimate of drug-likeness (QED) is 0.898. The topological polar surface area (TPSA) is 64.3 Å². The Balaban J connectivity index is 3.32. The summed E-state index contributed by atoms with van der Waals surface area (Å²) in [5.41, 5.74) is -0.325. The van der Waals surface area contributed by atoms with Gasteiger partial charge in [0, 0.05) is 7.05 Å². The first-order valence-electron chi connectivity index (χ1n) is 4.98. The highest BCUT2D eigenvalue weighted by Gasteiger charge is 2.33. The summed E-state index contributed by atoms with van der Waals surface area (Å²) in [7, 11) is 1.63. The monoisotopic (exact) mass is 252 g/mol. The molecule has 0 amide bonds. The standard InChI is InChI=1S/C12H13ClN2O2/c1-12(2,11(16)17)15(3)10-6-4-5-9(13)8(10)7-14/h4-6H,1-3H3,(H,16,17). The number of anilines is 1. The van der Waals surface area contributed by atoms with E-state index in [0.29, 0.717) is 10.7 Å². The molecule has 1 N–H and O–H groups in total. The van der Waals surface area contributed by atoms with Gasteiger partial charge in [0.2, 0.25) is 0 Å².